The first-order valence-electron chi connectivity index (χ1n) is 10.6. The van der Waals surface area contributed by atoms with E-state index in [0.717, 1.165) is 17.7 Å². The summed E-state index contributed by atoms with van der Waals surface area (Å²) in [6.07, 6.45) is 3.93. The molecular formula is C25H20ClN3O4S. The molecule has 0 N–H and O–H groups in total. The topological polar surface area (TPSA) is 75.3 Å². The number of nitrogens with zero attached hydrogens (tertiary/aromatic N) is 3. The molecule has 0 fully saturated rings. The number of furan rings is 1. The van der Waals surface area contributed by atoms with Crippen LogP contribution in [0.1, 0.15) is 11.3 Å². The second kappa shape index (κ2) is 9.40. The van der Waals surface area contributed by atoms with Crippen LogP contribution in [0.4, 0.5) is 11.4 Å². The number of thioether (sulfide) groups is 1. The lowest BCUT2D eigenvalue weighted by atomic mass is 10.2. The first-order chi connectivity index (χ1) is 16.5. The van der Waals surface area contributed by atoms with E-state index in [9.17, 15) is 9.59 Å². The number of fused-ring (bicyclic) bond motifs is 1. The third-order valence-corrected chi connectivity index (χ3v) is 6.78. The number of ether oxygens (including phenoxy) is 1. The van der Waals surface area contributed by atoms with Crippen LogP contribution in [-0.2, 0) is 16.0 Å². The Morgan fingerprint density at radius 3 is 2.85 bits per heavy atom. The lowest BCUT2D eigenvalue weighted by Gasteiger charge is -2.20. The molecule has 0 unspecified atom stereocenters. The maximum absolute atomic E-state index is 13.3. The van der Waals surface area contributed by atoms with E-state index >= 15 is 0 Å². The van der Waals surface area contributed by atoms with Crippen molar-refractivity contribution in [2.75, 3.05) is 29.2 Å². The highest BCUT2D eigenvalue weighted by molar-refractivity contribution is 8.14. The van der Waals surface area contributed by atoms with Crippen molar-refractivity contribution in [2.45, 2.75) is 6.42 Å². The molecular weight excluding hydrogens is 474 g/mol. The molecule has 0 radical (unpaired) electrons. The Hall–Kier alpha value is -3.49. The van der Waals surface area contributed by atoms with Gasteiger partial charge in [-0.15, -0.1) is 0 Å². The molecule has 2 aliphatic heterocycles. The van der Waals surface area contributed by atoms with Crippen LogP contribution in [0.15, 0.2) is 76.0 Å². The van der Waals surface area contributed by atoms with Gasteiger partial charge in [0.1, 0.15) is 17.2 Å². The van der Waals surface area contributed by atoms with Crippen molar-refractivity contribution in [1.29, 1.82) is 0 Å². The molecule has 3 aromatic rings. The number of amides is 2. The van der Waals surface area contributed by atoms with E-state index in [2.05, 4.69) is 4.99 Å². The molecule has 2 aliphatic rings. The maximum atomic E-state index is 13.3. The largest absolute Gasteiger partial charge is 0.495 e. The highest BCUT2D eigenvalue weighted by atomic mass is 35.5. The Balaban J connectivity index is 1.41. The molecule has 2 amide bonds. The van der Waals surface area contributed by atoms with E-state index < -0.39 is 0 Å². The van der Waals surface area contributed by atoms with Crippen molar-refractivity contribution in [3.8, 4) is 5.75 Å². The maximum Gasteiger partial charge on any atom is 0.283 e. The molecule has 5 rings (SSSR count). The fourth-order valence-electron chi connectivity index (χ4n) is 3.92. The van der Waals surface area contributed by atoms with Crippen molar-refractivity contribution < 1.29 is 18.7 Å². The smallest absolute Gasteiger partial charge is 0.283 e. The molecule has 7 nitrogen and oxygen atoms in total. The summed E-state index contributed by atoms with van der Waals surface area (Å²) in [5.74, 6) is 0.767. The molecule has 3 heterocycles. The quantitative estimate of drug-likeness (QED) is 0.467. The summed E-state index contributed by atoms with van der Waals surface area (Å²) in [7, 11) is 1.52. The van der Waals surface area contributed by atoms with E-state index in [4.69, 9.17) is 20.8 Å². The summed E-state index contributed by atoms with van der Waals surface area (Å²) in [4.78, 5) is 34.1. The van der Waals surface area contributed by atoms with Gasteiger partial charge in [0.25, 0.3) is 5.91 Å². The third kappa shape index (κ3) is 4.22. The number of benzene rings is 2. The van der Waals surface area contributed by atoms with Crippen LogP contribution in [0.3, 0.4) is 0 Å². The van der Waals surface area contributed by atoms with Crippen LogP contribution < -0.4 is 14.5 Å². The fraction of sp³-hybridized carbons (Fsp3) is 0.160. The third-order valence-electron chi connectivity index (χ3n) is 5.56. The zero-order valence-electron chi connectivity index (χ0n) is 18.2. The van der Waals surface area contributed by atoms with Gasteiger partial charge in [0, 0.05) is 18.3 Å². The van der Waals surface area contributed by atoms with Gasteiger partial charge in [0.2, 0.25) is 5.91 Å². The lowest BCUT2D eigenvalue weighted by molar-refractivity contribution is -0.116. The van der Waals surface area contributed by atoms with Gasteiger partial charge >= 0.3 is 0 Å². The second-order valence-electron chi connectivity index (χ2n) is 7.61. The number of para-hydroxylation sites is 1. The van der Waals surface area contributed by atoms with Gasteiger partial charge in [0.05, 0.1) is 29.8 Å². The van der Waals surface area contributed by atoms with Crippen LogP contribution in [0.5, 0.6) is 5.75 Å². The SMILES string of the molecule is COc1ccc(N2C(=O)/C(=C/c3ccco3)N=C2SCC(=O)N2CCc3ccccc32)cc1Cl. The summed E-state index contributed by atoms with van der Waals surface area (Å²) in [5.41, 5.74) is 2.84. The van der Waals surface area contributed by atoms with Crippen LogP contribution >= 0.6 is 23.4 Å². The van der Waals surface area contributed by atoms with E-state index in [1.807, 2.05) is 24.3 Å². The zero-order valence-corrected chi connectivity index (χ0v) is 19.8. The minimum atomic E-state index is -0.334. The van der Waals surface area contributed by atoms with Gasteiger partial charge in [-0.3, -0.25) is 14.5 Å². The van der Waals surface area contributed by atoms with E-state index in [1.165, 1.54) is 30.0 Å². The summed E-state index contributed by atoms with van der Waals surface area (Å²) in [6.45, 7) is 0.644. The Bertz CT molecular complexity index is 1320. The number of hydrogen-bond acceptors (Lipinski definition) is 6. The van der Waals surface area contributed by atoms with Crippen LogP contribution in [0, 0.1) is 0 Å². The minimum Gasteiger partial charge on any atom is -0.495 e. The number of rotatable bonds is 5. The Morgan fingerprint density at radius 1 is 1.24 bits per heavy atom. The monoisotopic (exact) mass is 493 g/mol. The number of anilines is 2. The highest BCUT2D eigenvalue weighted by Gasteiger charge is 2.34. The predicted octanol–water partition coefficient (Wildman–Crippen LogP) is 5.01. The van der Waals surface area contributed by atoms with Gasteiger partial charge in [-0.25, -0.2) is 4.99 Å². The van der Waals surface area contributed by atoms with Crippen LogP contribution in [0.2, 0.25) is 5.02 Å². The normalized spacial score (nSPS) is 16.2. The number of halogens is 1. The molecule has 0 bridgehead atoms. The van der Waals surface area contributed by atoms with Crippen LogP contribution in [0.25, 0.3) is 6.08 Å². The zero-order chi connectivity index (χ0) is 23.7. The van der Waals surface area contributed by atoms with Gasteiger partial charge in [-0.2, -0.15) is 0 Å². The van der Waals surface area contributed by atoms with E-state index in [-0.39, 0.29) is 23.3 Å². The molecule has 0 atom stereocenters. The predicted molar refractivity (Wildman–Crippen MR) is 135 cm³/mol. The average Bonchev–Trinajstić information content (AvgIpc) is 3.57. The van der Waals surface area contributed by atoms with E-state index in [0.29, 0.717) is 33.9 Å². The molecule has 0 aliphatic carbocycles. The highest BCUT2D eigenvalue weighted by Crippen LogP contribution is 2.35. The van der Waals surface area contributed by atoms with E-state index in [1.54, 1.807) is 41.3 Å². The molecule has 2 aromatic carbocycles. The number of carbonyl (C=O) groups is 2. The summed E-state index contributed by atoms with van der Waals surface area (Å²) in [5, 5.41) is 0.759. The number of methoxy groups -OCH3 is 1. The standard InChI is InChI=1S/C25H20ClN3O4S/c1-32-22-9-8-17(13-19(22)26)29-24(31)20(14-18-6-4-12-33-18)27-25(29)34-15-23(30)28-11-10-16-5-2-3-7-21(16)28/h2-9,12-14H,10-11,15H2,1H3/b20-14-. The molecule has 1 aromatic heterocycles. The van der Waals surface area contributed by atoms with Crippen LogP contribution in [-0.4, -0.2) is 36.4 Å². The molecule has 34 heavy (non-hydrogen) atoms. The average molecular weight is 494 g/mol. The minimum absolute atomic E-state index is 0.0405. The first-order valence-corrected chi connectivity index (χ1v) is 11.9. The number of carbonyl (C=O) groups excluding carboxylic acids is 2. The van der Waals surface area contributed by atoms with Crippen molar-refractivity contribution in [2.24, 2.45) is 4.99 Å². The molecule has 172 valence electrons. The van der Waals surface area contributed by atoms with Crippen molar-refractivity contribution in [3.05, 3.63) is 82.9 Å². The molecule has 0 saturated heterocycles. The van der Waals surface area contributed by atoms with Crippen molar-refractivity contribution in [1.82, 2.24) is 0 Å². The summed E-state index contributed by atoms with van der Waals surface area (Å²) < 4.78 is 10.6. The number of aliphatic imine (C=N–C) groups is 1. The van der Waals surface area contributed by atoms with Crippen molar-refractivity contribution in [3.63, 3.8) is 0 Å². The lowest BCUT2D eigenvalue weighted by Crippen LogP contribution is -2.34. The number of amidine groups is 1. The molecule has 0 spiro atoms. The Labute approximate surface area is 205 Å². The van der Waals surface area contributed by atoms with Crippen molar-refractivity contribution >= 4 is 57.8 Å². The fourth-order valence-corrected chi connectivity index (χ4v) is 5.07. The second-order valence-corrected chi connectivity index (χ2v) is 8.96. The first kappa shape index (κ1) is 22.3. The molecule has 0 saturated carbocycles. The van der Waals surface area contributed by atoms with Gasteiger partial charge < -0.3 is 14.1 Å². The van der Waals surface area contributed by atoms with Gasteiger partial charge in [-0.1, -0.05) is 41.6 Å². The van der Waals surface area contributed by atoms with Gasteiger partial charge in [-0.05, 0) is 48.4 Å². The summed E-state index contributed by atoms with van der Waals surface area (Å²) >= 11 is 7.53. The Kier molecular flexibility index (Phi) is 6.17. The number of hydrogen-bond donors (Lipinski definition) is 0. The Morgan fingerprint density at radius 2 is 2.09 bits per heavy atom. The molecule has 9 heteroatoms. The summed E-state index contributed by atoms with van der Waals surface area (Å²) in [6, 6.07) is 16.4. The van der Waals surface area contributed by atoms with Gasteiger partial charge in [0.15, 0.2) is 5.17 Å².